The van der Waals surface area contributed by atoms with E-state index in [0.717, 1.165) is 31.5 Å². The molecule has 1 aromatic rings. The van der Waals surface area contributed by atoms with Gasteiger partial charge in [-0.2, -0.15) is 18.3 Å². The van der Waals surface area contributed by atoms with Gasteiger partial charge in [-0.05, 0) is 45.6 Å². The molecule has 0 radical (unpaired) electrons. The van der Waals surface area contributed by atoms with E-state index in [1.54, 1.807) is 17.0 Å². The van der Waals surface area contributed by atoms with Crippen molar-refractivity contribution in [3.63, 3.8) is 0 Å². The predicted octanol–water partition coefficient (Wildman–Crippen LogP) is 3.58. The number of nitrogens with one attached hydrogen (secondary N) is 1. The first-order valence-electron chi connectivity index (χ1n) is 8.43. The molecule has 2 aliphatic carbocycles. The van der Waals surface area contributed by atoms with Crippen molar-refractivity contribution in [2.75, 3.05) is 0 Å². The van der Waals surface area contributed by atoms with E-state index in [4.69, 9.17) is 0 Å². The molecule has 2 atom stereocenters. The Kier molecular flexibility index (Phi) is 4.32. The first-order valence-corrected chi connectivity index (χ1v) is 8.43. The minimum atomic E-state index is -4.56. The van der Waals surface area contributed by atoms with Gasteiger partial charge in [-0.25, -0.2) is 9.67 Å². The third kappa shape index (κ3) is 2.97. The van der Waals surface area contributed by atoms with Crippen molar-refractivity contribution in [1.82, 2.24) is 15.1 Å². The Balaban J connectivity index is 2.00. The number of amides is 1. The van der Waals surface area contributed by atoms with Crippen LogP contribution in [0.3, 0.4) is 0 Å². The number of nitrogens with zero attached hydrogens (tertiary/aromatic N) is 3. The van der Waals surface area contributed by atoms with Crippen LogP contribution in [0.2, 0.25) is 0 Å². The van der Waals surface area contributed by atoms with Gasteiger partial charge in [0, 0.05) is 17.7 Å². The molecule has 0 saturated heterocycles. The van der Waals surface area contributed by atoms with Crippen LogP contribution in [0.5, 0.6) is 0 Å². The Morgan fingerprint density at radius 3 is 2.69 bits per heavy atom. The number of alkyl halides is 3. The average molecular weight is 366 g/mol. The van der Waals surface area contributed by atoms with E-state index >= 15 is 0 Å². The highest BCUT2D eigenvalue weighted by molar-refractivity contribution is 5.99. The van der Waals surface area contributed by atoms with Crippen molar-refractivity contribution < 1.29 is 18.0 Å². The van der Waals surface area contributed by atoms with E-state index in [1.165, 1.54) is 6.08 Å². The highest BCUT2D eigenvalue weighted by atomic mass is 19.4. The predicted molar refractivity (Wildman–Crippen MR) is 92.2 cm³/mol. The summed E-state index contributed by atoms with van der Waals surface area (Å²) in [7, 11) is 0. The summed E-state index contributed by atoms with van der Waals surface area (Å²) in [5.41, 5.74) is -0.716. The smallest absolute Gasteiger partial charge is 0.337 e. The van der Waals surface area contributed by atoms with Gasteiger partial charge in [-0.1, -0.05) is 12.7 Å². The van der Waals surface area contributed by atoms with Gasteiger partial charge < -0.3 is 5.32 Å². The van der Waals surface area contributed by atoms with Crippen LogP contribution in [-0.4, -0.2) is 33.2 Å². The van der Waals surface area contributed by atoms with Crippen molar-refractivity contribution in [2.45, 2.75) is 51.2 Å². The molecule has 3 rings (SSSR count). The number of allylic oxidation sites excluding steroid dienone is 2. The molecule has 1 aromatic heterocycles. The van der Waals surface area contributed by atoms with E-state index < -0.39 is 17.6 Å². The lowest BCUT2D eigenvalue weighted by atomic mass is 10.0. The van der Waals surface area contributed by atoms with Crippen LogP contribution >= 0.6 is 0 Å². The van der Waals surface area contributed by atoms with Crippen LogP contribution in [0.15, 0.2) is 29.9 Å². The van der Waals surface area contributed by atoms with Crippen LogP contribution in [-0.2, 0) is 6.42 Å². The van der Waals surface area contributed by atoms with Gasteiger partial charge in [0.15, 0.2) is 11.5 Å². The Bertz CT molecular complexity index is 817. The monoisotopic (exact) mass is 366 g/mol. The third-order valence-electron chi connectivity index (χ3n) is 4.87. The van der Waals surface area contributed by atoms with Crippen LogP contribution in [0.25, 0.3) is 0 Å². The molecule has 0 aromatic carbocycles. The molecule has 0 unspecified atom stereocenters. The zero-order valence-corrected chi connectivity index (χ0v) is 14.9. The van der Waals surface area contributed by atoms with Gasteiger partial charge in [-0.15, -0.1) is 0 Å². The summed E-state index contributed by atoms with van der Waals surface area (Å²) in [5.74, 6) is 0.341. The molecule has 0 aliphatic heterocycles. The van der Waals surface area contributed by atoms with Gasteiger partial charge in [-0.3, -0.25) is 4.79 Å². The van der Waals surface area contributed by atoms with E-state index in [1.807, 2.05) is 6.92 Å². The maximum absolute atomic E-state index is 13.1. The van der Waals surface area contributed by atoms with E-state index in [0.29, 0.717) is 18.2 Å². The Labute approximate surface area is 149 Å². The fourth-order valence-electron chi connectivity index (χ4n) is 3.23. The quantitative estimate of drug-likeness (QED) is 0.654. The second-order valence-electron chi connectivity index (χ2n) is 7.18. The van der Waals surface area contributed by atoms with Crippen molar-refractivity contribution in [2.24, 2.45) is 10.9 Å². The van der Waals surface area contributed by atoms with Crippen LogP contribution in [0.4, 0.5) is 13.2 Å². The number of fused-ring (bicyclic) bond motifs is 3. The second kappa shape index (κ2) is 6.10. The molecule has 2 aliphatic rings. The van der Waals surface area contributed by atoms with Gasteiger partial charge in [0.2, 0.25) is 0 Å². The van der Waals surface area contributed by atoms with E-state index in [9.17, 15) is 18.0 Å². The van der Waals surface area contributed by atoms with Crippen molar-refractivity contribution in [3.8, 4) is 0 Å². The maximum atomic E-state index is 13.1. The average Bonchev–Trinajstić information content (AvgIpc) is 3.04. The fourth-order valence-corrected chi connectivity index (χ4v) is 3.23. The Hall–Kier alpha value is -2.38. The number of hydrogen-bond donors (Lipinski definition) is 1. The highest BCUT2D eigenvalue weighted by Gasteiger charge is 2.52. The first-order chi connectivity index (χ1) is 12.1. The summed E-state index contributed by atoms with van der Waals surface area (Å²) in [6, 6.07) is 0. The molecule has 1 amide bonds. The summed E-state index contributed by atoms with van der Waals surface area (Å²) in [6.45, 7) is 7.40. The molecule has 5 nitrogen and oxygen atoms in total. The minimum Gasteiger partial charge on any atom is -0.337 e. The topological polar surface area (TPSA) is 59.3 Å². The fraction of sp³-hybridized carbons (Fsp3) is 0.500. The number of carbonyl (C=O) groups is 1. The molecule has 1 heterocycles. The molecule has 8 heteroatoms. The normalized spacial score (nSPS) is 22.3. The second-order valence-corrected chi connectivity index (χ2v) is 7.18. The summed E-state index contributed by atoms with van der Waals surface area (Å²) >= 11 is 0. The molecule has 1 N–H and O–H groups in total. The van der Waals surface area contributed by atoms with Gasteiger partial charge >= 0.3 is 6.18 Å². The molecule has 140 valence electrons. The Morgan fingerprint density at radius 2 is 2.12 bits per heavy atom. The van der Waals surface area contributed by atoms with Crippen molar-refractivity contribution in [1.29, 1.82) is 0 Å². The Morgan fingerprint density at radius 1 is 1.42 bits per heavy atom. The lowest BCUT2D eigenvalue weighted by Gasteiger charge is -2.28. The number of carbonyl (C=O) groups excluding carboxylic acids is 1. The number of halogens is 3. The van der Waals surface area contributed by atoms with Crippen LogP contribution in [0, 0.1) is 5.92 Å². The molecule has 0 bridgehead atoms. The lowest BCUT2D eigenvalue weighted by molar-refractivity contribution is -0.182. The minimum absolute atomic E-state index is 0.0413. The molecule has 1 fully saturated rings. The van der Waals surface area contributed by atoms with Gasteiger partial charge in [0.1, 0.15) is 5.54 Å². The number of aromatic nitrogens is 2. The van der Waals surface area contributed by atoms with Crippen molar-refractivity contribution in [3.05, 3.63) is 41.9 Å². The van der Waals surface area contributed by atoms with Gasteiger partial charge in [0.25, 0.3) is 5.91 Å². The first kappa shape index (κ1) is 18.4. The number of hydrogen-bond acceptors (Lipinski definition) is 3. The zero-order valence-electron chi connectivity index (χ0n) is 14.9. The molecular formula is C18H21F3N4O. The maximum Gasteiger partial charge on any atom is 0.410 e. The van der Waals surface area contributed by atoms with E-state index in [2.05, 4.69) is 22.0 Å². The highest BCUT2D eigenvalue weighted by Crippen LogP contribution is 2.57. The summed E-state index contributed by atoms with van der Waals surface area (Å²) in [6.07, 6.45) is 1.94. The van der Waals surface area contributed by atoms with Crippen LogP contribution in [0.1, 0.15) is 54.9 Å². The van der Waals surface area contributed by atoms with Gasteiger partial charge in [0.05, 0.1) is 5.69 Å². The lowest BCUT2D eigenvalue weighted by Crippen LogP contribution is -2.54. The van der Waals surface area contributed by atoms with E-state index in [-0.39, 0.29) is 11.6 Å². The molecular weight excluding hydrogens is 345 g/mol. The zero-order chi connectivity index (χ0) is 19.3. The summed E-state index contributed by atoms with van der Waals surface area (Å²) in [4.78, 5) is 16.8. The van der Waals surface area contributed by atoms with Crippen LogP contribution < -0.4 is 5.32 Å². The molecule has 0 spiro atoms. The molecule has 26 heavy (non-hydrogen) atoms. The third-order valence-corrected chi connectivity index (χ3v) is 4.87. The standard InChI is InChI=1S/C18H21F3N4O/c1-5-7-22-13(6-2)25-15-11-8-10(11)9-12(15)14(24-25)16(26)23-17(3,4)18(19,20)21/h5-7,10-11H,2,8-9H2,1,3-4H3,(H,23,26)/b7-5-,22-13+/t10-,11-/m0/s1. The SMILES string of the molecule is C=C/C(=N\C=C/C)n1nc(C(=O)NC(C)(C)C(F)(F)F)c2c1[C@H]1C[C@H]1C2. The largest absolute Gasteiger partial charge is 0.410 e. The number of rotatable bonds is 4. The summed E-state index contributed by atoms with van der Waals surface area (Å²) < 4.78 is 40.9. The summed E-state index contributed by atoms with van der Waals surface area (Å²) in [5, 5.41) is 6.37. The van der Waals surface area contributed by atoms with Crippen molar-refractivity contribution >= 4 is 11.7 Å². The number of aliphatic imine (C=N–C) groups is 1. The molecule has 1 saturated carbocycles.